The zero-order valence-electron chi connectivity index (χ0n) is 6.26. The number of hydrogen-bond acceptors (Lipinski definition) is 3. The zero-order valence-corrected chi connectivity index (χ0v) is 6.26. The third-order valence-corrected chi connectivity index (χ3v) is 1.46. The molecule has 0 spiro atoms. The molecule has 0 unspecified atom stereocenters. The molecule has 0 aliphatic carbocycles. The highest BCUT2D eigenvalue weighted by Gasteiger charge is 1.97. The molecule has 3 nitrogen and oxygen atoms in total. The third-order valence-electron chi connectivity index (χ3n) is 1.46. The van der Waals surface area contributed by atoms with Gasteiger partial charge in [-0.05, 0) is 18.2 Å². The Hall–Kier alpha value is -1.69. The van der Waals surface area contributed by atoms with E-state index < -0.39 is 0 Å². The van der Waals surface area contributed by atoms with E-state index in [0.29, 0.717) is 11.3 Å². The normalized spacial score (nSPS) is 8.73. The van der Waals surface area contributed by atoms with Gasteiger partial charge in [-0.3, -0.25) is 0 Å². The van der Waals surface area contributed by atoms with Gasteiger partial charge in [-0.15, -0.1) is 0 Å². The Bertz CT molecular complexity index is 299. The molecule has 0 heterocycles. The molecule has 56 valence electrons. The molecule has 0 atom stereocenters. The summed E-state index contributed by atoms with van der Waals surface area (Å²) in [6, 6.07) is 7.26. The molecule has 0 bridgehead atoms. The van der Waals surface area contributed by atoms with Gasteiger partial charge in [0, 0.05) is 18.4 Å². The summed E-state index contributed by atoms with van der Waals surface area (Å²) >= 11 is 0. The van der Waals surface area contributed by atoms with Crippen LogP contribution < -0.4 is 11.1 Å². The van der Waals surface area contributed by atoms with E-state index in [0.717, 1.165) is 5.69 Å². The maximum absolute atomic E-state index is 8.58. The lowest BCUT2D eigenvalue weighted by Crippen LogP contribution is -1.93. The highest BCUT2D eigenvalue weighted by atomic mass is 14.8. The molecule has 3 N–H and O–H groups in total. The van der Waals surface area contributed by atoms with Crippen LogP contribution >= 0.6 is 0 Å². The highest BCUT2D eigenvalue weighted by molar-refractivity contribution is 5.61. The predicted molar refractivity (Wildman–Crippen MR) is 45.1 cm³/mol. The number of nitrogens with two attached hydrogens (primary N) is 1. The maximum atomic E-state index is 8.58. The number of nitrogens with zero attached hydrogens (tertiary/aromatic N) is 1. The van der Waals surface area contributed by atoms with Gasteiger partial charge in [0.2, 0.25) is 0 Å². The Balaban J connectivity index is 3.15. The van der Waals surface area contributed by atoms with Crippen molar-refractivity contribution in [3.8, 4) is 6.07 Å². The highest BCUT2D eigenvalue weighted by Crippen LogP contribution is 2.15. The second kappa shape index (κ2) is 2.93. The first-order valence-corrected chi connectivity index (χ1v) is 3.25. The van der Waals surface area contributed by atoms with E-state index in [2.05, 4.69) is 5.32 Å². The maximum Gasteiger partial charge on any atom is 0.101 e. The van der Waals surface area contributed by atoms with Crippen molar-refractivity contribution in [1.82, 2.24) is 0 Å². The first-order valence-electron chi connectivity index (χ1n) is 3.25. The van der Waals surface area contributed by atoms with Gasteiger partial charge in [-0.25, -0.2) is 0 Å². The Morgan fingerprint density at radius 3 is 2.82 bits per heavy atom. The SMILES string of the molecule is CNc1ccc(N)c(C#N)c1. The number of anilines is 2. The summed E-state index contributed by atoms with van der Waals surface area (Å²) in [7, 11) is 1.80. The van der Waals surface area contributed by atoms with Gasteiger partial charge in [0.1, 0.15) is 6.07 Å². The molecule has 0 radical (unpaired) electrons. The lowest BCUT2D eigenvalue weighted by molar-refractivity contribution is 1.46. The molecule has 0 amide bonds. The quantitative estimate of drug-likeness (QED) is 0.586. The predicted octanol–water partition coefficient (Wildman–Crippen LogP) is 1.18. The minimum Gasteiger partial charge on any atom is -0.398 e. The topological polar surface area (TPSA) is 61.8 Å². The van der Waals surface area contributed by atoms with Crippen molar-refractivity contribution in [2.75, 3.05) is 18.1 Å². The molecule has 0 aromatic heterocycles. The smallest absolute Gasteiger partial charge is 0.101 e. The van der Waals surface area contributed by atoms with Crippen LogP contribution in [0.5, 0.6) is 0 Å². The Morgan fingerprint density at radius 2 is 2.27 bits per heavy atom. The Labute approximate surface area is 65.4 Å². The van der Waals surface area contributed by atoms with Crippen LogP contribution in [0.25, 0.3) is 0 Å². The van der Waals surface area contributed by atoms with E-state index >= 15 is 0 Å². The van der Waals surface area contributed by atoms with Crippen molar-refractivity contribution < 1.29 is 0 Å². The molecular formula is C8H9N3. The average Bonchev–Trinajstić information content (AvgIpc) is 2.05. The third kappa shape index (κ3) is 1.41. The van der Waals surface area contributed by atoms with Gasteiger partial charge in [0.15, 0.2) is 0 Å². The van der Waals surface area contributed by atoms with Gasteiger partial charge >= 0.3 is 0 Å². The van der Waals surface area contributed by atoms with Gasteiger partial charge in [0.05, 0.1) is 5.56 Å². The molecular weight excluding hydrogens is 138 g/mol. The van der Waals surface area contributed by atoms with Gasteiger partial charge < -0.3 is 11.1 Å². The van der Waals surface area contributed by atoms with Crippen molar-refractivity contribution >= 4 is 11.4 Å². The molecule has 0 saturated heterocycles. The van der Waals surface area contributed by atoms with Gasteiger partial charge in [-0.1, -0.05) is 0 Å². The van der Waals surface area contributed by atoms with Crippen molar-refractivity contribution in [2.45, 2.75) is 0 Å². The van der Waals surface area contributed by atoms with Crippen LogP contribution in [0.2, 0.25) is 0 Å². The molecule has 1 aromatic rings. The lowest BCUT2D eigenvalue weighted by Gasteiger charge is -2.01. The first-order chi connectivity index (χ1) is 5.27. The van der Waals surface area contributed by atoms with E-state index in [9.17, 15) is 0 Å². The van der Waals surface area contributed by atoms with Gasteiger partial charge in [0.25, 0.3) is 0 Å². The molecule has 11 heavy (non-hydrogen) atoms. The van der Waals surface area contributed by atoms with E-state index in [1.807, 2.05) is 12.1 Å². The van der Waals surface area contributed by atoms with Crippen LogP contribution in [0.15, 0.2) is 18.2 Å². The molecule has 1 rings (SSSR count). The number of nitriles is 1. The molecule has 3 heteroatoms. The second-order valence-corrected chi connectivity index (χ2v) is 2.16. The van der Waals surface area contributed by atoms with Crippen molar-refractivity contribution in [2.24, 2.45) is 0 Å². The van der Waals surface area contributed by atoms with Crippen LogP contribution in [0, 0.1) is 11.3 Å². The molecule has 1 aromatic carbocycles. The van der Waals surface area contributed by atoms with E-state index in [-0.39, 0.29) is 0 Å². The molecule has 0 aliphatic heterocycles. The van der Waals surface area contributed by atoms with E-state index in [1.54, 1.807) is 19.2 Å². The average molecular weight is 147 g/mol. The summed E-state index contributed by atoms with van der Waals surface area (Å²) in [4.78, 5) is 0. The van der Waals surface area contributed by atoms with Crippen molar-refractivity contribution in [3.05, 3.63) is 23.8 Å². The summed E-state index contributed by atoms with van der Waals surface area (Å²) in [5.74, 6) is 0. The fourth-order valence-corrected chi connectivity index (χ4v) is 0.809. The second-order valence-electron chi connectivity index (χ2n) is 2.16. The van der Waals surface area contributed by atoms with Crippen LogP contribution in [0.1, 0.15) is 5.56 Å². The van der Waals surface area contributed by atoms with Crippen molar-refractivity contribution in [3.63, 3.8) is 0 Å². The van der Waals surface area contributed by atoms with Crippen molar-refractivity contribution in [1.29, 1.82) is 5.26 Å². The molecule has 0 fully saturated rings. The Morgan fingerprint density at radius 1 is 1.55 bits per heavy atom. The number of rotatable bonds is 1. The largest absolute Gasteiger partial charge is 0.398 e. The molecule has 0 aliphatic rings. The summed E-state index contributed by atoms with van der Waals surface area (Å²) in [6.45, 7) is 0. The van der Waals surface area contributed by atoms with E-state index in [4.69, 9.17) is 11.0 Å². The van der Waals surface area contributed by atoms with Gasteiger partial charge in [-0.2, -0.15) is 5.26 Å². The summed E-state index contributed by atoms with van der Waals surface area (Å²) < 4.78 is 0. The minimum atomic E-state index is 0.511. The monoisotopic (exact) mass is 147 g/mol. The fourth-order valence-electron chi connectivity index (χ4n) is 0.809. The zero-order chi connectivity index (χ0) is 8.27. The number of nitrogens with one attached hydrogen (secondary N) is 1. The van der Waals surface area contributed by atoms with Crippen LogP contribution in [-0.4, -0.2) is 7.05 Å². The summed E-state index contributed by atoms with van der Waals surface area (Å²) in [5.41, 5.74) is 7.43. The van der Waals surface area contributed by atoms with E-state index in [1.165, 1.54) is 0 Å². The van der Waals surface area contributed by atoms with Crippen LogP contribution in [-0.2, 0) is 0 Å². The number of hydrogen-bond donors (Lipinski definition) is 2. The lowest BCUT2D eigenvalue weighted by atomic mass is 10.2. The minimum absolute atomic E-state index is 0.511. The summed E-state index contributed by atoms with van der Waals surface area (Å²) in [5, 5.41) is 11.5. The van der Waals surface area contributed by atoms with Crippen LogP contribution in [0.3, 0.4) is 0 Å². The van der Waals surface area contributed by atoms with Crippen LogP contribution in [0.4, 0.5) is 11.4 Å². The standard InChI is InChI=1S/C8H9N3/c1-11-7-2-3-8(10)6(4-7)5-9/h2-4,11H,10H2,1H3. The summed E-state index contributed by atoms with van der Waals surface area (Å²) in [6.07, 6.45) is 0. The Kier molecular flexibility index (Phi) is 1.98. The number of nitrogen functional groups attached to an aromatic ring is 1. The molecule has 0 saturated carbocycles. The fraction of sp³-hybridized carbons (Fsp3) is 0.125. The first kappa shape index (κ1) is 7.42. The number of benzene rings is 1.